The van der Waals surface area contributed by atoms with Gasteiger partial charge in [-0.15, -0.1) is 0 Å². The molecule has 0 aliphatic carbocycles. The molecule has 1 aromatic carbocycles. The third-order valence-corrected chi connectivity index (χ3v) is 4.05. The number of benzene rings is 1. The standard InChI is InChI=1S/C14H17BrN2O3/c1-4-14(5-2,19-3)13-16-12(20-17-13)10-8-9(15)6-7-11(10)18/h6-8,18H,4-5H2,1-3H3. The largest absolute Gasteiger partial charge is 0.507 e. The van der Waals surface area contributed by atoms with E-state index in [0.717, 1.165) is 17.3 Å². The number of phenolic OH excluding ortho intramolecular Hbond substituents is 1. The van der Waals surface area contributed by atoms with Crippen LogP contribution in [0.5, 0.6) is 5.75 Å². The Kier molecular flexibility index (Phi) is 4.45. The molecule has 20 heavy (non-hydrogen) atoms. The molecule has 2 rings (SSSR count). The lowest BCUT2D eigenvalue weighted by atomic mass is 9.96. The average molecular weight is 341 g/mol. The van der Waals surface area contributed by atoms with Gasteiger partial charge in [0.2, 0.25) is 5.82 Å². The quantitative estimate of drug-likeness (QED) is 0.894. The highest BCUT2D eigenvalue weighted by Gasteiger charge is 2.34. The van der Waals surface area contributed by atoms with Crippen molar-refractivity contribution in [3.8, 4) is 17.2 Å². The van der Waals surface area contributed by atoms with Gasteiger partial charge in [0.05, 0.1) is 5.56 Å². The summed E-state index contributed by atoms with van der Waals surface area (Å²) in [6.45, 7) is 4.03. The topological polar surface area (TPSA) is 68.4 Å². The van der Waals surface area contributed by atoms with E-state index >= 15 is 0 Å². The normalized spacial score (nSPS) is 11.8. The smallest absolute Gasteiger partial charge is 0.261 e. The van der Waals surface area contributed by atoms with Gasteiger partial charge in [0, 0.05) is 11.6 Å². The van der Waals surface area contributed by atoms with E-state index in [1.54, 1.807) is 25.3 Å². The summed E-state index contributed by atoms with van der Waals surface area (Å²) in [5.74, 6) is 0.876. The summed E-state index contributed by atoms with van der Waals surface area (Å²) < 4.78 is 11.7. The Balaban J connectivity index is 2.45. The lowest BCUT2D eigenvalue weighted by molar-refractivity contribution is -0.0306. The second-order valence-electron chi connectivity index (χ2n) is 4.49. The zero-order valence-electron chi connectivity index (χ0n) is 11.7. The number of hydrogen-bond donors (Lipinski definition) is 1. The summed E-state index contributed by atoms with van der Waals surface area (Å²) in [5.41, 5.74) is -0.0565. The Morgan fingerprint density at radius 2 is 2.05 bits per heavy atom. The van der Waals surface area contributed by atoms with Crippen LogP contribution in [0.4, 0.5) is 0 Å². The highest BCUT2D eigenvalue weighted by Crippen LogP contribution is 2.34. The molecule has 6 heteroatoms. The van der Waals surface area contributed by atoms with Crippen LogP contribution >= 0.6 is 15.9 Å². The van der Waals surface area contributed by atoms with Crippen LogP contribution in [0.1, 0.15) is 32.5 Å². The van der Waals surface area contributed by atoms with Gasteiger partial charge in [-0.3, -0.25) is 0 Å². The van der Waals surface area contributed by atoms with Gasteiger partial charge in [-0.25, -0.2) is 0 Å². The zero-order chi connectivity index (χ0) is 14.8. The molecule has 1 N–H and O–H groups in total. The third-order valence-electron chi connectivity index (χ3n) is 3.56. The predicted molar refractivity (Wildman–Crippen MR) is 78.4 cm³/mol. The number of nitrogens with zero attached hydrogens (tertiary/aromatic N) is 2. The molecule has 0 bridgehead atoms. The summed E-state index contributed by atoms with van der Waals surface area (Å²) in [6.07, 6.45) is 1.48. The molecule has 0 unspecified atom stereocenters. The number of aromatic hydroxyl groups is 1. The molecule has 1 aromatic heterocycles. The first-order valence-electron chi connectivity index (χ1n) is 6.44. The molecule has 0 radical (unpaired) electrons. The van der Waals surface area contributed by atoms with Crippen molar-refractivity contribution in [1.82, 2.24) is 10.1 Å². The first kappa shape index (κ1) is 15.0. The minimum atomic E-state index is -0.552. The lowest BCUT2D eigenvalue weighted by Gasteiger charge is -2.25. The number of halogens is 1. The van der Waals surface area contributed by atoms with Crippen molar-refractivity contribution in [2.24, 2.45) is 0 Å². The molecular weight excluding hydrogens is 324 g/mol. The van der Waals surface area contributed by atoms with Crippen LogP contribution in [0.25, 0.3) is 11.5 Å². The van der Waals surface area contributed by atoms with Gasteiger partial charge in [-0.05, 0) is 31.0 Å². The summed E-state index contributed by atoms with van der Waals surface area (Å²) >= 11 is 3.36. The molecule has 0 saturated carbocycles. The Morgan fingerprint density at radius 1 is 1.35 bits per heavy atom. The maximum absolute atomic E-state index is 9.89. The summed E-state index contributed by atoms with van der Waals surface area (Å²) in [6, 6.07) is 5.05. The highest BCUT2D eigenvalue weighted by atomic mass is 79.9. The molecule has 0 fully saturated rings. The van der Waals surface area contributed by atoms with E-state index in [0.29, 0.717) is 11.4 Å². The number of methoxy groups -OCH3 is 1. The second-order valence-corrected chi connectivity index (χ2v) is 5.41. The fourth-order valence-electron chi connectivity index (χ4n) is 2.14. The van der Waals surface area contributed by atoms with Gasteiger partial charge in [-0.2, -0.15) is 4.98 Å². The van der Waals surface area contributed by atoms with Crippen LogP contribution in [0, 0.1) is 0 Å². The third kappa shape index (κ3) is 2.58. The van der Waals surface area contributed by atoms with Crippen LogP contribution < -0.4 is 0 Å². The number of aromatic nitrogens is 2. The summed E-state index contributed by atoms with van der Waals surface area (Å²) in [7, 11) is 1.64. The SMILES string of the molecule is CCC(CC)(OC)c1noc(-c2cc(Br)ccc2O)n1. The van der Waals surface area contributed by atoms with Crippen LogP contribution in [0.15, 0.2) is 27.2 Å². The van der Waals surface area contributed by atoms with Crippen molar-refractivity contribution in [2.45, 2.75) is 32.3 Å². The van der Waals surface area contributed by atoms with Crippen molar-refractivity contribution < 1.29 is 14.4 Å². The summed E-state index contributed by atoms with van der Waals surface area (Å²) in [4.78, 5) is 4.38. The van der Waals surface area contributed by atoms with Crippen molar-refractivity contribution in [2.75, 3.05) is 7.11 Å². The minimum absolute atomic E-state index is 0.0967. The number of hydrogen-bond acceptors (Lipinski definition) is 5. The molecular formula is C14H17BrN2O3. The lowest BCUT2D eigenvalue weighted by Crippen LogP contribution is -2.28. The fraction of sp³-hybridized carbons (Fsp3) is 0.429. The van der Waals surface area contributed by atoms with E-state index in [1.807, 2.05) is 13.8 Å². The van der Waals surface area contributed by atoms with E-state index in [9.17, 15) is 5.11 Å². The zero-order valence-corrected chi connectivity index (χ0v) is 13.3. The molecule has 0 atom stereocenters. The van der Waals surface area contributed by atoms with Gasteiger partial charge in [0.15, 0.2) is 0 Å². The molecule has 0 spiro atoms. The molecule has 0 amide bonds. The number of phenols is 1. The Morgan fingerprint density at radius 3 is 2.65 bits per heavy atom. The number of rotatable bonds is 5. The molecule has 5 nitrogen and oxygen atoms in total. The number of ether oxygens (including phenoxy) is 1. The van der Waals surface area contributed by atoms with Crippen molar-refractivity contribution in [3.63, 3.8) is 0 Å². The van der Waals surface area contributed by atoms with Crippen LogP contribution in [-0.4, -0.2) is 22.4 Å². The molecule has 1 heterocycles. The van der Waals surface area contributed by atoms with E-state index < -0.39 is 5.60 Å². The van der Waals surface area contributed by atoms with E-state index in [4.69, 9.17) is 9.26 Å². The van der Waals surface area contributed by atoms with Gasteiger partial charge < -0.3 is 14.4 Å². The monoisotopic (exact) mass is 340 g/mol. The second kappa shape index (κ2) is 5.93. The van der Waals surface area contributed by atoms with Crippen LogP contribution in [0.3, 0.4) is 0 Å². The highest BCUT2D eigenvalue weighted by molar-refractivity contribution is 9.10. The van der Waals surface area contributed by atoms with Crippen molar-refractivity contribution in [1.29, 1.82) is 0 Å². The maximum Gasteiger partial charge on any atom is 0.261 e. The van der Waals surface area contributed by atoms with Gasteiger partial charge in [0.1, 0.15) is 11.4 Å². The maximum atomic E-state index is 9.89. The van der Waals surface area contributed by atoms with Gasteiger partial charge >= 0.3 is 0 Å². The van der Waals surface area contributed by atoms with Crippen molar-refractivity contribution >= 4 is 15.9 Å². The Hall–Kier alpha value is -1.40. The Labute approximate surface area is 126 Å². The first-order chi connectivity index (χ1) is 9.56. The van der Waals surface area contributed by atoms with Crippen LogP contribution in [-0.2, 0) is 10.3 Å². The molecule has 2 aromatic rings. The van der Waals surface area contributed by atoms with Crippen LogP contribution in [0.2, 0.25) is 0 Å². The Bertz CT molecular complexity index is 586. The average Bonchev–Trinajstić information content (AvgIpc) is 2.94. The van der Waals surface area contributed by atoms with E-state index in [2.05, 4.69) is 26.1 Å². The molecule has 108 valence electrons. The predicted octanol–water partition coefficient (Wildman–Crippen LogP) is 3.87. The van der Waals surface area contributed by atoms with Crippen molar-refractivity contribution in [3.05, 3.63) is 28.5 Å². The summed E-state index contributed by atoms with van der Waals surface area (Å²) in [5, 5.41) is 13.9. The molecule has 0 saturated heterocycles. The van der Waals surface area contributed by atoms with Gasteiger partial charge in [0.25, 0.3) is 5.89 Å². The molecule has 0 aliphatic heterocycles. The van der Waals surface area contributed by atoms with E-state index in [1.165, 1.54) is 0 Å². The molecule has 0 aliphatic rings. The van der Waals surface area contributed by atoms with Gasteiger partial charge in [-0.1, -0.05) is 34.9 Å². The first-order valence-corrected chi connectivity index (χ1v) is 7.23. The minimum Gasteiger partial charge on any atom is -0.507 e. The van der Waals surface area contributed by atoms with E-state index in [-0.39, 0.29) is 11.6 Å². The fourth-order valence-corrected chi connectivity index (χ4v) is 2.50.